The molecule has 5 heteroatoms. The molecule has 1 aromatic heterocycles. The lowest BCUT2D eigenvalue weighted by molar-refractivity contribution is 0.0563. The predicted octanol–water partition coefficient (Wildman–Crippen LogP) is 3.15. The topological polar surface area (TPSA) is 56.5 Å². The SMILES string of the molecule is COC(=O)c1ccc(C(=O)Cc2ccc(Cl)cc2)o1. The Morgan fingerprint density at radius 3 is 2.37 bits per heavy atom. The van der Waals surface area contributed by atoms with Crippen LogP contribution in [0.1, 0.15) is 26.7 Å². The summed E-state index contributed by atoms with van der Waals surface area (Å²) in [6.45, 7) is 0. The minimum absolute atomic E-state index is 0.0157. The molecule has 0 amide bonds. The van der Waals surface area contributed by atoms with Gasteiger partial charge in [-0.05, 0) is 29.8 Å². The Kier molecular flexibility index (Phi) is 4.02. The summed E-state index contributed by atoms with van der Waals surface area (Å²) in [5, 5.41) is 0.613. The Hall–Kier alpha value is -2.07. The van der Waals surface area contributed by atoms with Crippen LogP contribution in [0.25, 0.3) is 0 Å². The summed E-state index contributed by atoms with van der Waals surface area (Å²) in [4.78, 5) is 23.1. The van der Waals surface area contributed by atoms with Crippen molar-refractivity contribution in [1.82, 2.24) is 0 Å². The van der Waals surface area contributed by atoms with Crippen LogP contribution >= 0.6 is 11.6 Å². The quantitative estimate of drug-likeness (QED) is 0.637. The first-order valence-corrected chi connectivity index (χ1v) is 5.93. The van der Waals surface area contributed by atoms with Crippen molar-refractivity contribution in [1.29, 1.82) is 0 Å². The zero-order valence-electron chi connectivity index (χ0n) is 10.2. The molecule has 0 radical (unpaired) electrons. The molecule has 0 bridgehead atoms. The molecule has 0 saturated carbocycles. The summed E-state index contributed by atoms with van der Waals surface area (Å²) in [6.07, 6.45) is 0.186. The van der Waals surface area contributed by atoms with Crippen molar-refractivity contribution < 1.29 is 18.7 Å². The molecule has 0 fully saturated rings. The van der Waals surface area contributed by atoms with Crippen LogP contribution in [0, 0.1) is 0 Å². The zero-order chi connectivity index (χ0) is 13.8. The number of methoxy groups -OCH3 is 1. The minimum Gasteiger partial charge on any atom is -0.463 e. The number of halogens is 1. The van der Waals surface area contributed by atoms with E-state index in [2.05, 4.69) is 4.74 Å². The molecule has 19 heavy (non-hydrogen) atoms. The van der Waals surface area contributed by atoms with Gasteiger partial charge in [0.05, 0.1) is 7.11 Å². The highest BCUT2D eigenvalue weighted by molar-refractivity contribution is 6.30. The normalized spacial score (nSPS) is 10.2. The van der Waals surface area contributed by atoms with Gasteiger partial charge in [-0.2, -0.15) is 0 Å². The number of ether oxygens (including phenoxy) is 1. The Bertz CT molecular complexity index is 598. The van der Waals surface area contributed by atoms with Gasteiger partial charge in [-0.3, -0.25) is 4.79 Å². The maximum atomic E-state index is 11.9. The number of benzene rings is 1. The van der Waals surface area contributed by atoms with E-state index in [1.807, 2.05) is 0 Å². The molecule has 0 unspecified atom stereocenters. The third-order valence-corrected chi connectivity index (χ3v) is 2.80. The molecular formula is C14H11ClO4. The van der Waals surface area contributed by atoms with Gasteiger partial charge in [-0.1, -0.05) is 23.7 Å². The van der Waals surface area contributed by atoms with Crippen molar-refractivity contribution >= 4 is 23.4 Å². The van der Waals surface area contributed by atoms with E-state index in [-0.39, 0.29) is 23.7 Å². The maximum absolute atomic E-state index is 11.9. The lowest BCUT2D eigenvalue weighted by atomic mass is 10.1. The molecule has 0 aliphatic carbocycles. The van der Waals surface area contributed by atoms with Crippen molar-refractivity contribution in [3.63, 3.8) is 0 Å². The summed E-state index contributed by atoms with van der Waals surface area (Å²) in [7, 11) is 1.25. The van der Waals surface area contributed by atoms with Crippen molar-refractivity contribution in [3.05, 3.63) is 58.5 Å². The molecule has 4 nitrogen and oxygen atoms in total. The van der Waals surface area contributed by atoms with Crippen molar-refractivity contribution in [2.45, 2.75) is 6.42 Å². The monoisotopic (exact) mass is 278 g/mol. The summed E-state index contributed by atoms with van der Waals surface area (Å²) in [6, 6.07) is 9.85. The number of Topliss-reactive ketones (excluding diaryl/α,β-unsaturated/α-hetero) is 1. The summed E-state index contributed by atoms with van der Waals surface area (Å²) in [5.74, 6) is -0.666. The number of carbonyl (C=O) groups is 2. The molecule has 2 rings (SSSR count). The fraction of sp³-hybridized carbons (Fsp3) is 0.143. The van der Waals surface area contributed by atoms with Gasteiger partial charge in [0.2, 0.25) is 11.5 Å². The summed E-state index contributed by atoms with van der Waals surface area (Å²) >= 11 is 5.76. The van der Waals surface area contributed by atoms with Crippen LogP contribution in [0.2, 0.25) is 5.02 Å². The molecule has 0 aliphatic rings. The van der Waals surface area contributed by atoms with E-state index in [4.69, 9.17) is 16.0 Å². The van der Waals surface area contributed by atoms with E-state index < -0.39 is 5.97 Å². The Balaban J connectivity index is 2.09. The zero-order valence-corrected chi connectivity index (χ0v) is 10.9. The van der Waals surface area contributed by atoms with Gasteiger partial charge in [-0.15, -0.1) is 0 Å². The molecule has 0 aliphatic heterocycles. The molecule has 0 spiro atoms. The highest BCUT2D eigenvalue weighted by Crippen LogP contribution is 2.14. The van der Waals surface area contributed by atoms with E-state index in [1.165, 1.54) is 19.2 Å². The molecule has 1 heterocycles. The lowest BCUT2D eigenvalue weighted by Crippen LogP contribution is -2.03. The fourth-order valence-electron chi connectivity index (χ4n) is 1.57. The average molecular weight is 279 g/mol. The second-order valence-corrected chi connectivity index (χ2v) is 4.32. The molecule has 0 atom stereocenters. The van der Waals surface area contributed by atoms with Gasteiger partial charge < -0.3 is 9.15 Å². The molecule has 2 aromatic rings. The van der Waals surface area contributed by atoms with Gasteiger partial charge >= 0.3 is 5.97 Å². The van der Waals surface area contributed by atoms with Gasteiger partial charge in [0.1, 0.15) is 0 Å². The maximum Gasteiger partial charge on any atom is 0.373 e. The minimum atomic E-state index is -0.606. The fourth-order valence-corrected chi connectivity index (χ4v) is 1.70. The van der Waals surface area contributed by atoms with Crippen LogP contribution in [0.4, 0.5) is 0 Å². The molecule has 0 N–H and O–H groups in total. The molecule has 1 aromatic carbocycles. The first-order valence-electron chi connectivity index (χ1n) is 5.56. The van der Waals surface area contributed by atoms with E-state index in [0.29, 0.717) is 5.02 Å². The second kappa shape index (κ2) is 5.71. The number of esters is 1. The van der Waals surface area contributed by atoms with Crippen LogP contribution in [0.3, 0.4) is 0 Å². The molecule has 0 saturated heterocycles. The summed E-state index contributed by atoms with van der Waals surface area (Å²) in [5.41, 5.74) is 0.824. The van der Waals surface area contributed by atoms with Crippen molar-refractivity contribution in [2.24, 2.45) is 0 Å². The Morgan fingerprint density at radius 1 is 1.11 bits per heavy atom. The van der Waals surface area contributed by atoms with Crippen LogP contribution in [-0.4, -0.2) is 18.9 Å². The average Bonchev–Trinajstić information content (AvgIpc) is 2.90. The van der Waals surface area contributed by atoms with E-state index in [0.717, 1.165) is 5.56 Å². The van der Waals surface area contributed by atoms with Gasteiger partial charge in [0.25, 0.3) is 0 Å². The first-order chi connectivity index (χ1) is 9.10. The number of furan rings is 1. The summed E-state index contributed by atoms with van der Waals surface area (Å²) < 4.78 is 9.65. The Morgan fingerprint density at radius 2 is 1.74 bits per heavy atom. The molecule has 98 valence electrons. The van der Waals surface area contributed by atoms with E-state index >= 15 is 0 Å². The van der Waals surface area contributed by atoms with E-state index in [1.54, 1.807) is 24.3 Å². The van der Waals surface area contributed by atoms with Crippen LogP contribution in [0.15, 0.2) is 40.8 Å². The third kappa shape index (κ3) is 3.23. The number of ketones is 1. The van der Waals surface area contributed by atoms with Gasteiger partial charge in [0.15, 0.2) is 5.76 Å². The van der Waals surface area contributed by atoms with Crippen LogP contribution < -0.4 is 0 Å². The first kappa shape index (κ1) is 13.4. The van der Waals surface area contributed by atoms with Crippen LogP contribution in [-0.2, 0) is 11.2 Å². The largest absolute Gasteiger partial charge is 0.463 e. The lowest BCUT2D eigenvalue weighted by Gasteiger charge is -1.99. The van der Waals surface area contributed by atoms with Crippen molar-refractivity contribution in [2.75, 3.05) is 7.11 Å². The standard InChI is InChI=1S/C14H11ClO4/c1-18-14(17)13-7-6-12(19-13)11(16)8-9-2-4-10(15)5-3-9/h2-7H,8H2,1H3. The van der Waals surface area contributed by atoms with Crippen molar-refractivity contribution in [3.8, 4) is 0 Å². The number of hydrogen-bond acceptors (Lipinski definition) is 4. The third-order valence-electron chi connectivity index (χ3n) is 2.55. The number of carbonyl (C=O) groups excluding carboxylic acids is 2. The second-order valence-electron chi connectivity index (χ2n) is 3.88. The van der Waals surface area contributed by atoms with Crippen LogP contribution in [0.5, 0.6) is 0 Å². The van der Waals surface area contributed by atoms with Gasteiger partial charge in [-0.25, -0.2) is 4.79 Å². The number of hydrogen-bond donors (Lipinski definition) is 0. The van der Waals surface area contributed by atoms with Gasteiger partial charge in [0, 0.05) is 11.4 Å². The number of rotatable bonds is 4. The predicted molar refractivity (Wildman–Crippen MR) is 69.5 cm³/mol. The molecular weight excluding hydrogens is 268 g/mol. The van der Waals surface area contributed by atoms with E-state index in [9.17, 15) is 9.59 Å². The highest BCUT2D eigenvalue weighted by Gasteiger charge is 2.16. The Labute approximate surface area is 114 Å². The highest BCUT2D eigenvalue weighted by atomic mass is 35.5. The smallest absolute Gasteiger partial charge is 0.373 e.